The summed E-state index contributed by atoms with van der Waals surface area (Å²) in [5.74, 6) is 4.48. The summed E-state index contributed by atoms with van der Waals surface area (Å²) in [6.45, 7) is -0.129. The summed E-state index contributed by atoms with van der Waals surface area (Å²) < 4.78 is 32.7. The molecule has 108 valence electrons. The molecule has 0 fully saturated rings. The molecule has 0 bridgehead atoms. The van der Waals surface area contributed by atoms with Gasteiger partial charge >= 0.3 is 0 Å². The Hall–Kier alpha value is -1.76. The zero-order valence-corrected chi connectivity index (χ0v) is 12.3. The van der Waals surface area contributed by atoms with Gasteiger partial charge in [-0.1, -0.05) is 35.6 Å². The van der Waals surface area contributed by atoms with Crippen LogP contribution >= 0.6 is 23.2 Å². The molecule has 0 atom stereocenters. The summed E-state index contributed by atoms with van der Waals surface area (Å²) in [4.78, 5) is 0. The predicted octanol–water partition coefficient (Wildman–Crippen LogP) is 4.79. The van der Waals surface area contributed by atoms with Gasteiger partial charge < -0.3 is 4.74 Å². The van der Waals surface area contributed by atoms with E-state index in [1.54, 1.807) is 6.07 Å². The van der Waals surface area contributed by atoms with E-state index in [1.807, 2.05) is 0 Å². The maximum Gasteiger partial charge on any atom is 0.165 e. The van der Waals surface area contributed by atoms with Crippen LogP contribution in [0.4, 0.5) is 8.78 Å². The fraction of sp³-hybridized carbons (Fsp3) is 0.125. The van der Waals surface area contributed by atoms with Crippen LogP contribution in [0.1, 0.15) is 11.1 Å². The average molecular weight is 327 g/mol. The van der Waals surface area contributed by atoms with Crippen molar-refractivity contribution in [3.63, 3.8) is 0 Å². The van der Waals surface area contributed by atoms with Gasteiger partial charge in [-0.05, 0) is 24.3 Å². The molecule has 0 amide bonds. The highest BCUT2D eigenvalue weighted by Crippen LogP contribution is 2.22. The molecule has 0 aliphatic heterocycles. The first-order valence-corrected chi connectivity index (χ1v) is 6.93. The van der Waals surface area contributed by atoms with Crippen molar-refractivity contribution in [3.05, 3.63) is 64.2 Å². The molecule has 0 unspecified atom stereocenters. The topological polar surface area (TPSA) is 9.23 Å². The first-order valence-electron chi connectivity index (χ1n) is 6.02. The number of alkyl halides is 1. The summed E-state index contributed by atoms with van der Waals surface area (Å²) in [7, 11) is 0. The zero-order chi connectivity index (χ0) is 15.2. The van der Waals surface area contributed by atoms with Gasteiger partial charge in [0, 0.05) is 11.1 Å². The maximum atomic E-state index is 13.7. The van der Waals surface area contributed by atoms with E-state index in [0.29, 0.717) is 5.56 Å². The van der Waals surface area contributed by atoms with Crippen molar-refractivity contribution in [2.45, 2.75) is 6.61 Å². The standard InChI is InChI=1S/C16H10Cl2F2O/c17-8-2-3-11-6-7-14(19)15(9-11)21-10-12-4-1-5-13(18)16(12)20/h1,4-7,9H,8,10H2. The lowest BCUT2D eigenvalue weighted by molar-refractivity contribution is 0.284. The maximum absolute atomic E-state index is 13.7. The van der Waals surface area contributed by atoms with Crippen LogP contribution in [-0.4, -0.2) is 5.88 Å². The molecule has 0 radical (unpaired) electrons. The predicted molar refractivity (Wildman–Crippen MR) is 79.7 cm³/mol. The SMILES string of the molecule is Fc1ccc(C#CCCl)cc1OCc1cccc(Cl)c1F. The van der Waals surface area contributed by atoms with Crippen molar-refractivity contribution in [2.24, 2.45) is 0 Å². The summed E-state index contributed by atoms with van der Waals surface area (Å²) in [5, 5.41) is -0.00157. The highest BCUT2D eigenvalue weighted by molar-refractivity contribution is 6.30. The Kier molecular flexibility index (Phi) is 5.44. The summed E-state index contributed by atoms with van der Waals surface area (Å²) in [6, 6.07) is 8.75. The highest BCUT2D eigenvalue weighted by Gasteiger charge is 2.09. The minimum absolute atomic E-state index is 0.00157. The Balaban J connectivity index is 2.17. The molecular formula is C16H10Cl2F2O. The second kappa shape index (κ2) is 7.31. The van der Waals surface area contributed by atoms with Gasteiger partial charge in [0.15, 0.2) is 11.6 Å². The van der Waals surface area contributed by atoms with E-state index in [2.05, 4.69) is 11.8 Å². The second-order valence-electron chi connectivity index (χ2n) is 4.08. The molecule has 2 aromatic carbocycles. The fourth-order valence-electron chi connectivity index (χ4n) is 1.64. The summed E-state index contributed by atoms with van der Waals surface area (Å²) >= 11 is 11.1. The molecule has 0 aliphatic carbocycles. The van der Waals surface area contributed by atoms with Crippen LogP contribution in [0.15, 0.2) is 36.4 Å². The number of ether oxygens (including phenoxy) is 1. The molecule has 2 aromatic rings. The van der Waals surface area contributed by atoms with Gasteiger partial charge in [0.25, 0.3) is 0 Å². The third-order valence-corrected chi connectivity index (χ3v) is 3.07. The van der Waals surface area contributed by atoms with Crippen molar-refractivity contribution in [1.82, 2.24) is 0 Å². The molecule has 0 saturated carbocycles. The van der Waals surface area contributed by atoms with Crippen molar-refractivity contribution >= 4 is 23.2 Å². The van der Waals surface area contributed by atoms with Crippen LogP contribution in [-0.2, 0) is 6.61 Å². The Bertz CT molecular complexity index is 705. The Morgan fingerprint density at radius 2 is 1.95 bits per heavy atom. The van der Waals surface area contributed by atoms with Gasteiger partial charge in [-0.3, -0.25) is 0 Å². The van der Waals surface area contributed by atoms with Gasteiger partial charge in [0.05, 0.1) is 10.9 Å². The van der Waals surface area contributed by atoms with Gasteiger partial charge in [0.1, 0.15) is 12.4 Å². The van der Waals surface area contributed by atoms with Gasteiger partial charge in [-0.25, -0.2) is 8.78 Å². The Morgan fingerprint density at radius 1 is 1.14 bits per heavy atom. The zero-order valence-electron chi connectivity index (χ0n) is 10.8. The molecule has 0 aromatic heterocycles. The van der Waals surface area contributed by atoms with E-state index in [0.717, 1.165) is 0 Å². The van der Waals surface area contributed by atoms with E-state index in [1.165, 1.54) is 30.3 Å². The monoisotopic (exact) mass is 326 g/mol. The molecule has 0 spiro atoms. The van der Waals surface area contributed by atoms with Crippen molar-refractivity contribution in [2.75, 3.05) is 5.88 Å². The van der Waals surface area contributed by atoms with Crippen LogP contribution < -0.4 is 4.74 Å². The third-order valence-electron chi connectivity index (χ3n) is 2.65. The van der Waals surface area contributed by atoms with Gasteiger partial charge in [0.2, 0.25) is 0 Å². The normalized spacial score (nSPS) is 9.90. The summed E-state index contributed by atoms with van der Waals surface area (Å²) in [6.07, 6.45) is 0. The third kappa shape index (κ3) is 4.10. The molecule has 0 aliphatic rings. The highest BCUT2D eigenvalue weighted by atomic mass is 35.5. The molecule has 0 heterocycles. The minimum Gasteiger partial charge on any atom is -0.486 e. The number of rotatable bonds is 3. The first-order chi connectivity index (χ1) is 10.1. The molecule has 2 rings (SSSR count). The van der Waals surface area contributed by atoms with E-state index >= 15 is 0 Å². The molecule has 5 heteroatoms. The fourth-order valence-corrected chi connectivity index (χ4v) is 1.90. The van der Waals surface area contributed by atoms with E-state index < -0.39 is 11.6 Å². The molecule has 0 saturated heterocycles. The molecule has 21 heavy (non-hydrogen) atoms. The molecular weight excluding hydrogens is 317 g/mol. The van der Waals surface area contributed by atoms with Crippen molar-refractivity contribution in [3.8, 4) is 17.6 Å². The van der Waals surface area contributed by atoms with Gasteiger partial charge in [-0.2, -0.15) is 0 Å². The Morgan fingerprint density at radius 3 is 2.71 bits per heavy atom. The number of halogens is 4. The lowest BCUT2D eigenvalue weighted by Gasteiger charge is -2.09. The van der Waals surface area contributed by atoms with E-state index in [-0.39, 0.29) is 28.8 Å². The van der Waals surface area contributed by atoms with Crippen molar-refractivity contribution < 1.29 is 13.5 Å². The van der Waals surface area contributed by atoms with Crippen LogP contribution in [0, 0.1) is 23.5 Å². The van der Waals surface area contributed by atoms with Gasteiger partial charge in [-0.15, -0.1) is 11.6 Å². The van der Waals surface area contributed by atoms with E-state index in [9.17, 15) is 8.78 Å². The lowest BCUT2D eigenvalue weighted by Crippen LogP contribution is -2.00. The average Bonchev–Trinajstić information content (AvgIpc) is 2.49. The van der Waals surface area contributed by atoms with Crippen molar-refractivity contribution in [1.29, 1.82) is 0 Å². The van der Waals surface area contributed by atoms with Crippen LogP contribution in [0.5, 0.6) is 5.75 Å². The quantitative estimate of drug-likeness (QED) is 0.582. The lowest BCUT2D eigenvalue weighted by atomic mass is 10.2. The van der Waals surface area contributed by atoms with E-state index in [4.69, 9.17) is 27.9 Å². The number of hydrogen-bond donors (Lipinski definition) is 0. The van der Waals surface area contributed by atoms with Crippen LogP contribution in [0.25, 0.3) is 0 Å². The summed E-state index contributed by atoms with van der Waals surface area (Å²) in [5.41, 5.74) is 0.817. The Labute approximate surface area is 131 Å². The second-order valence-corrected chi connectivity index (χ2v) is 4.76. The van der Waals surface area contributed by atoms with Crippen LogP contribution in [0.2, 0.25) is 5.02 Å². The molecule has 1 nitrogen and oxygen atoms in total. The van der Waals surface area contributed by atoms with Crippen LogP contribution in [0.3, 0.4) is 0 Å². The minimum atomic E-state index is -0.572. The molecule has 0 N–H and O–H groups in total. The number of benzene rings is 2. The largest absolute Gasteiger partial charge is 0.486 e. The first kappa shape index (κ1) is 15.6. The smallest absolute Gasteiger partial charge is 0.165 e. The number of hydrogen-bond acceptors (Lipinski definition) is 1.